The van der Waals surface area contributed by atoms with Crippen molar-refractivity contribution < 1.29 is 33.8 Å². The van der Waals surface area contributed by atoms with Crippen LogP contribution in [0.5, 0.6) is 17.2 Å². The highest BCUT2D eigenvalue weighted by atomic mass is 79.9. The van der Waals surface area contributed by atoms with E-state index in [9.17, 15) is 24.8 Å². The number of methoxy groups -OCH3 is 3. The topological polar surface area (TPSA) is 128 Å². The maximum absolute atomic E-state index is 13.5. The van der Waals surface area contributed by atoms with Crippen LogP contribution in [0, 0.1) is 10.1 Å². The summed E-state index contributed by atoms with van der Waals surface area (Å²) >= 11 is 3.34. The molecule has 0 saturated heterocycles. The number of hydrogen-bond donors (Lipinski definition) is 1. The highest BCUT2D eigenvalue weighted by molar-refractivity contribution is 9.09. The van der Waals surface area contributed by atoms with Crippen molar-refractivity contribution >= 4 is 33.5 Å². The molecule has 0 saturated carbocycles. The zero-order chi connectivity index (χ0) is 24.3. The third kappa shape index (κ3) is 4.32. The van der Waals surface area contributed by atoms with Crippen molar-refractivity contribution in [3.63, 3.8) is 0 Å². The number of ether oxygens (including phenoxy) is 3. The molecule has 1 heterocycles. The number of halogens is 1. The van der Waals surface area contributed by atoms with Crippen LogP contribution in [0.2, 0.25) is 0 Å². The quantitative estimate of drug-likeness (QED) is 0.299. The van der Waals surface area contributed by atoms with Crippen molar-refractivity contribution in [3.8, 4) is 17.2 Å². The first-order chi connectivity index (χ1) is 15.8. The second kappa shape index (κ2) is 10.1. The van der Waals surface area contributed by atoms with Crippen LogP contribution in [-0.2, 0) is 4.79 Å². The SMILES string of the molecule is COc1ccc([C@@H]2[C@H](C(=O)O)c3ccc([N+](=O)[O-])cc3C(=O)N2CCCBr)c(OC)c1OC. The Bertz CT molecular complexity index is 1090. The minimum absolute atomic E-state index is 0.00173. The van der Waals surface area contributed by atoms with Crippen LogP contribution in [0.4, 0.5) is 5.69 Å². The summed E-state index contributed by atoms with van der Waals surface area (Å²) in [4.78, 5) is 38.2. The molecule has 0 aliphatic carbocycles. The van der Waals surface area contributed by atoms with Crippen molar-refractivity contribution in [2.75, 3.05) is 33.2 Å². The summed E-state index contributed by atoms with van der Waals surface area (Å²) in [6.45, 7) is 0.220. The summed E-state index contributed by atoms with van der Waals surface area (Å²) in [5.41, 5.74) is 0.347. The van der Waals surface area contributed by atoms with Crippen LogP contribution in [-0.4, -0.2) is 60.0 Å². The van der Waals surface area contributed by atoms with Gasteiger partial charge in [0.1, 0.15) is 5.92 Å². The van der Waals surface area contributed by atoms with Gasteiger partial charge in [-0.3, -0.25) is 19.7 Å². The van der Waals surface area contributed by atoms with Crippen LogP contribution in [0.15, 0.2) is 30.3 Å². The van der Waals surface area contributed by atoms with Gasteiger partial charge in [0.25, 0.3) is 11.6 Å². The number of rotatable bonds is 9. The molecule has 0 radical (unpaired) electrons. The molecule has 1 aliphatic heterocycles. The fourth-order valence-electron chi connectivity index (χ4n) is 4.19. The minimum Gasteiger partial charge on any atom is -0.493 e. The zero-order valence-electron chi connectivity index (χ0n) is 18.2. The lowest BCUT2D eigenvalue weighted by Crippen LogP contribution is -2.45. The van der Waals surface area contributed by atoms with E-state index in [1.165, 1.54) is 38.4 Å². The summed E-state index contributed by atoms with van der Waals surface area (Å²) in [5.74, 6) is -1.97. The summed E-state index contributed by atoms with van der Waals surface area (Å²) in [7, 11) is 4.32. The summed E-state index contributed by atoms with van der Waals surface area (Å²) in [6, 6.07) is 6.00. The van der Waals surface area contributed by atoms with E-state index in [4.69, 9.17) is 14.2 Å². The maximum atomic E-state index is 13.5. The highest BCUT2D eigenvalue weighted by Gasteiger charge is 2.46. The first-order valence-corrected chi connectivity index (χ1v) is 11.1. The lowest BCUT2D eigenvalue weighted by Gasteiger charge is -2.41. The number of carboxylic acid groups (broad SMARTS) is 1. The van der Waals surface area contributed by atoms with Gasteiger partial charge in [0.15, 0.2) is 11.5 Å². The van der Waals surface area contributed by atoms with Crippen molar-refractivity contribution in [3.05, 3.63) is 57.1 Å². The number of non-ortho nitro benzene ring substituents is 1. The van der Waals surface area contributed by atoms with Crippen LogP contribution in [0.1, 0.15) is 39.9 Å². The lowest BCUT2D eigenvalue weighted by atomic mass is 9.79. The van der Waals surface area contributed by atoms with Gasteiger partial charge in [0, 0.05) is 29.6 Å². The van der Waals surface area contributed by atoms with Gasteiger partial charge >= 0.3 is 5.97 Å². The normalized spacial score (nSPS) is 17.3. The lowest BCUT2D eigenvalue weighted by molar-refractivity contribution is -0.384. The van der Waals surface area contributed by atoms with Crippen molar-refractivity contribution in [2.24, 2.45) is 0 Å². The molecule has 0 bridgehead atoms. The number of fused-ring (bicyclic) bond motifs is 1. The van der Waals surface area contributed by atoms with E-state index < -0.39 is 28.8 Å². The van der Waals surface area contributed by atoms with Crippen molar-refractivity contribution in [2.45, 2.75) is 18.4 Å². The van der Waals surface area contributed by atoms with E-state index in [2.05, 4.69) is 15.9 Å². The molecule has 2 aromatic rings. The molecule has 1 amide bonds. The summed E-state index contributed by atoms with van der Waals surface area (Å²) in [6.07, 6.45) is 0.536. The Morgan fingerprint density at radius 2 is 1.79 bits per heavy atom. The predicted octanol–water partition coefficient (Wildman–Crippen LogP) is 3.77. The molecule has 2 atom stereocenters. The smallest absolute Gasteiger partial charge is 0.313 e. The second-order valence-corrected chi connectivity index (χ2v) is 8.05. The van der Waals surface area contributed by atoms with Crippen molar-refractivity contribution in [1.82, 2.24) is 4.90 Å². The molecule has 0 spiro atoms. The number of carboxylic acids is 1. The van der Waals surface area contributed by atoms with E-state index >= 15 is 0 Å². The molecule has 10 nitrogen and oxygen atoms in total. The van der Waals surface area contributed by atoms with Crippen LogP contribution < -0.4 is 14.2 Å². The van der Waals surface area contributed by atoms with Crippen molar-refractivity contribution in [1.29, 1.82) is 0 Å². The molecule has 1 N–H and O–H groups in total. The summed E-state index contributed by atoms with van der Waals surface area (Å²) in [5, 5.41) is 22.1. The van der Waals surface area contributed by atoms with Crippen LogP contribution in [0.3, 0.4) is 0 Å². The van der Waals surface area contributed by atoms with E-state index in [-0.39, 0.29) is 34.9 Å². The number of benzene rings is 2. The Kier molecular flexibility index (Phi) is 7.42. The number of alkyl halides is 1. The average molecular weight is 523 g/mol. The fourth-order valence-corrected chi connectivity index (χ4v) is 4.44. The molecule has 33 heavy (non-hydrogen) atoms. The Balaban J connectivity index is 2.31. The highest BCUT2D eigenvalue weighted by Crippen LogP contribution is 2.50. The number of nitro groups is 1. The number of nitro benzene ring substituents is 1. The number of carbonyl (C=O) groups is 2. The van der Waals surface area contributed by atoms with Crippen LogP contribution in [0.25, 0.3) is 0 Å². The largest absolute Gasteiger partial charge is 0.493 e. The first kappa shape index (κ1) is 24.3. The molecule has 0 aromatic heterocycles. The number of nitrogens with zero attached hydrogens (tertiary/aromatic N) is 2. The van der Waals surface area contributed by atoms with Gasteiger partial charge in [0.2, 0.25) is 5.75 Å². The Hall–Kier alpha value is -3.34. The molecule has 11 heteroatoms. The maximum Gasteiger partial charge on any atom is 0.313 e. The standard InChI is InChI=1S/C22H23BrN2O8/c1-31-16-8-7-14(19(32-2)20(16)33-3)18-17(22(27)28)13-6-5-12(25(29)30)11-15(13)21(26)24(18)10-4-9-23/h5-8,11,17-18H,4,9-10H2,1-3H3,(H,27,28)/t17-,18-/m1/s1. The van der Waals surface area contributed by atoms with Gasteiger partial charge < -0.3 is 24.2 Å². The number of carbonyl (C=O) groups excluding carboxylic acids is 1. The Morgan fingerprint density at radius 3 is 2.33 bits per heavy atom. The van der Waals surface area contributed by atoms with Gasteiger partial charge in [0.05, 0.1) is 37.9 Å². The molecule has 1 aliphatic rings. The molecule has 176 valence electrons. The molecule has 2 aromatic carbocycles. The van der Waals surface area contributed by atoms with Gasteiger partial charge in [-0.25, -0.2) is 0 Å². The zero-order valence-corrected chi connectivity index (χ0v) is 19.8. The number of aliphatic carboxylic acids is 1. The van der Waals surface area contributed by atoms with E-state index in [0.717, 1.165) is 6.07 Å². The molecular formula is C22H23BrN2O8. The average Bonchev–Trinajstić information content (AvgIpc) is 2.81. The third-order valence-corrected chi connectivity index (χ3v) is 6.14. The Morgan fingerprint density at radius 1 is 1.12 bits per heavy atom. The van der Waals surface area contributed by atoms with E-state index in [1.807, 2.05) is 0 Å². The van der Waals surface area contributed by atoms with Gasteiger partial charge in [-0.05, 0) is 24.1 Å². The monoisotopic (exact) mass is 522 g/mol. The molecule has 0 unspecified atom stereocenters. The summed E-state index contributed by atoms with van der Waals surface area (Å²) < 4.78 is 16.4. The number of amides is 1. The van der Waals surface area contributed by atoms with Crippen LogP contribution >= 0.6 is 15.9 Å². The molecular weight excluding hydrogens is 500 g/mol. The third-order valence-electron chi connectivity index (χ3n) is 5.58. The number of hydrogen-bond acceptors (Lipinski definition) is 7. The van der Waals surface area contributed by atoms with E-state index in [1.54, 1.807) is 12.1 Å². The fraction of sp³-hybridized carbons (Fsp3) is 0.364. The minimum atomic E-state index is -1.19. The van der Waals surface area contributed by atoms with Gasteiger partial charge in [-0.2, -0.15) is 0 Å². The molecule has 0 fully saturated rings. The van der Waals surface area contributed by atoms with Gasteiger partial charge in [-0.15, -0.1) is 0 Å². The van der Waals surface area contributed by atoms with E-state index in [0.29, 0.717) is 23.1 Å². The Labute approximate surface area is 198 Å². The second-order valence-electron chi connectivity index (χ2n) is 7.25. The predicted molar refractivity (Wildman–Crippen MR) is 122 cm³/mol. The molecule has 3 rings (SSSR count). The first-order valence-electron chi connectivity index (χ1n) is 9.97. The van der Waals surface area contributed by atoms with Gasteiger partial charge in [-0.1, -0.05) is 22.0 Å².